The van der Waals surface area contributed by atoms with Crippen LogP contribution in [0.2, 0.25) is 0 Å². The van der Waals surface area contributed by atoms with E-state index in [-0.39, 0.29) is 37.3 Å². The molecule has 3 aromatic rings. The lowest BCUT2D eigenvalue weighted by atomic mass is 9.99. The monoisotopic (exact) mass is 769 g/mol. The Morgan fingerprint density at radius 3 is 1.53 bits per heavy atom. The lowest BCUT2D eigenvalue weighted by Crippen LogP contribution is -2.44. The van der Waals surface area contributed by atoms with E-state index < -0.39 is 16.3 Å². The van der Waals surface area contributed by atoms with E-state index in [2.05, 4.69) is 46.4 Å². The van der Waals surface area contributed by atoms with E-state index in [1.54, 1.807) is 12.1 Å². The number of carbonyl (C=O) groups excluding carboxylic acids is 1. The minimum atomic E-state index is -0.570. The number of benzene rings is 3. The molecule has 4 N–H and O–H groups in total. The van der Waals surface area contributed by atoms with Crippen LogP contribution in [0.25, 0.3) is 0 Å². The average molecular weight is 770 g/mol. The van der Waals surface area contributed by atoms with E-state index >= 15 is 0 Å². The highest BCUT2D eigenvalue weighted by molar-refractivity contribution is 5.68. The molecule has 3 aliphatic heterocycles. The molecule has 306 valence electrons. The minimum Gasteiger partial charge on any atom is -0.444 e. The number of halogens is 1. The summed E-state index contributed by atoms with van der Waals surface area (Å²) in [6.07, 6.45) is 6.70. The summed E-state index contributed by atoms with van der Waals surface area (Å²) in [4.78, 5) is 35.7. The summed E-state index contributed by atoms with van der Waals surface area (Å²) < 4.78 is 17.3. The van der Waals surface area contributed by atoms with Crippen molar-refractivity contribution >= 4 is 34.5 Å². The summed E-state index contributed by atoms with van der Waals surface area (Å²) in [5.41, 5.74) is 8.57. The van der Waals surface area contributed by atoms with Crippen molar-refractivity contribution in [3.63, 3.8) is 0 Å². The number of nitrogen functional groups attached to an aromatic ring is 1. The van der Waals surface area contributed by atoms with Gasteiger partial charge in [-0.15, -0.1) is 0 Å². The summed E-state index contributed by atoms with van der Waals surface area (Å²) in [6.45, 7) is 16.6. The third kappa shape index (κ3) is 17.8. The second kappa shape index (κ2) is 23.1. The Kier molecular flexibility index (Phi) is 19.4. The lowest BCUT2D eigenvalue weighted by molar-refractivity contribution is -0.385. The summed E-state index contributed by atoms with van der Waals surface area (Å²) in [5, 5.41) is 26.6. The largest absolute Gasteiger partial charge is 0.444 e. The first kappa shape index (κ1) is 46.2. The zero-order valence-electron chi connectivity index (χ0n) is 32.3. The fraction of sp³-hybridized carbons (Fsp3) is 0.537. The Labute approximate surface area is 327 Å². The molecule has 0 spiro atoms. The molecule has 0 unspecified atom stereocenters. The molecule has 3 heterocycles. The number of carbonyl (C=O) groups is 1. The van der Waals surface area contributed by atoms with Crippen LogP contribution in [0.4, 0.5) is 37.6 Å². The Morgan fingerprint density at radius 1 is 0.764 bits per heavy atom. The standard InChI is InChI=1S/C12H16N2O2.C12H18N2.C10H20N2O2.C6H4FNO2.CH4.H2/c1-10-6-8-13(9-7-10)11-2-4-12(5-3-11)14(15)16;1-10-6-8-14(9-7-10)12-4-2-11(13)3-5-12;1-10(2,3)14-9(13)12-8-4-6-11-7-5-8;7-5-1-3-6(4-2-5)8(9)10;;/h2-5,10H,6-9H2,1H3;2-5,10H,6-9,13H2,1H3;8,11H,4-7H2,1-3H3,(H,12,13);1-4H;1H4;1H. The number of nitrogens with one attached hydrogen (secondary N) is 2. The normalized spacial score (nSPS) is 16.3. The Balaban J connectivity index is 0.000000373. The average Bonchev–Trinajstić information content (AvgIpc) is 3.13. The fourth-order valence-corrected chi connectivity index (χ4v) is 6.01. The molecule has 3 fully saturated rings. The van der Waals surface area contributed by atoms with E-state index in [1.807, 2.05) is 45.0 Å². The van der Waals surface area contributed by atoms with Crippen LogP contribution in [0.3, 0.4) is 0 Å². The fourth-order valence-electron chi connectivity index (χ4n) is 6.01. The van der Waals surface area contributed by atoms with Gasteiger partial charge in [-0.05, 0) is 133 Å². The van der Waals surface area contributed by atoms with Gasteiger partial charge in [0.25, 0.3) is 11.4 Å². The quantitative estimate of drug-likeness (QED) is 0.129. The number of anilines is 3. The van der Waals surface area contributed by atoms with Crippen molar-refractivity contribution < 1.29 is 25.2 Å². The first-order valence-corrected chi connectivity index (χ1v) is 18.8. The highest BCUT2D eigenvalue weighted by Gasteiger charge is 2.21. The molecule has 1 amide bonds. The summed E-state index contributed by atoms with van der Waals surface area (Å²) >= 11 is 0. The van der Waals surface area contributed by atoms with Crippen LogP contribution >= 0.6 is 0 Å². The number of ether oxygens (including phenoxy) is 1. The van der Waals surface area contributed by atoms with Crippen molar-refractivity contribution in [2.75, 3.05) is 54.8 Å². The highest BCUT2D eigenvalue weighted by atomic mass is 19.1. The van der Waals surface area contributed by atoms with E-state index in [4.69, 9.17) is 10.5 Å². The zero-order valence-corrected chi connectivity index (χ0v) is 32.3. The summed E-state index contributed by atoms with van der Waals surface area (Å²) in [7, 11) is 0. The first-order chi connectivity index (χ1) is 25.6. The number of non-ortho nitro benzene ring substituents is 2. The number of rotatable bonds is 5. The Morgan fingerprint density at radius 2 is 1.15 bits per heavy atom. The van der Waals surface area contributed by atoms with Gasteiger partial charge in [-0.2, -0.15) is 0 Å². The van der Waals surface area contributed by atoms with Gasteiger partial charge in [0.05, 0.1) is 9.85 Å². The molecule has 3 aliphatic rings. The molecular formula is C41H64FN7O6. The third-order valence-corrected chi connectivity index (χ3v) is 9.35. The van der Waals surface area contributed by atoms with Gasteiger partial charge in [0.2, 0.25) is 0 Å². The van der Waals surface area contributed by atoms with Crippen LogP contribution in [0, 0.1) is 37.9 Å². The molecule has 6 rings (SSSR count). The Hall–Kier alpha value is -4.98. The molecule has 0 aromatic heterocycles. The molecule has 0 bridgehead atoms. The van der Waals surface area contributed by atoms with E-state index in [0.717, 1.165) is 86.5 Å². The van der Waals surface area contributed by atoms with E-state index in [0.29, 0.717) is 0 Å². The first-order valence-electron chi connectivity index (χ1n) is 18.8. The molecule has 14 heteroatoms. The maximum Gasteiger partial charge on any atom is 0.407 e. The van der Waals surface area contributed by atoms with Crippen LogP contribution < -0.4 is 26.2 Å². The summed E-state index contributed by atoms with van der Waals surface area (Å²) in [5.74, 6) is 1.22. The van der Waals surface area contributed by atoms with Crippen LogP contribution in [-0.2, 0) is 4.74 Å². The maximum atomic E-state index is 12.1. The van der Waals surface area contributed by atoms with Gasteiger partial charge in [-0.3, -0.25) is 20.2 Å². The van der Waals surface area contributed by atoms with Crippen molar-refractivity contribution in [1.82, 2.24) is 10.6 Å². The molecule has 13 nitrogen and oxygen atoms in total. The molecule has 3 saturated heterocycles. The lowest BCUT2D eigenvalue weighted by Gasteiger charge is -2.32. The molecule has 55 heavy (non-hydrogen) atoms. The number of alkyl carbamates (subject to hydrolysis) is 1. The second-order valence-electron chi connectivity index (χ2n) is 15.1. The van der Waals surface area contributed by atoms with Crippen LogP contribution in [0.1, 0.15) is 82.0 Å². The predicted molar refractivity (Wildman–Crippen MR) is 222 cm³/mol. The Bertz CT molecular complexity index is 1570. The van der Waals surface area contributed by atoms with Crippen molar-refractivity contribution in [2.24, 2.45) is 11.8 Å². The van der Waals surface area contributed by atoms with Crippen molar-refractivity contribution in [1.29, 1.82) is 0 Å². The number of nitro benzene ring substituents is 2. The van der Waals surface area contributed by atoms with Crippen LogP contribution in [0.5, 0.6) is 0 Å². The molecule has 3 aromatic carbocycles. The maximum absolute atomic E-state index is 12.1. The van der Waals surface area contributed by atoms with Gasteiger partial charge >= 0.3 is 6.09 Å². The van der Waals surface area contributed by atoms with E-state index in [1.165, 1.54) is 44.5 Å². The van der Waals surface area contributed by atoms with Crippen molar-refractivity contribution in [2.45, 2.75) is 92.2 Å². The van der Waals surface area contributed by atoms with Crippen LogP contribution in [-0.4, -0.2) is 66.9 Å². The molecule has 0 radical (unpaired) electrons. The zero-order chi connectivity index (χ0) is 39.7. The van der Waals surface area contributed by atoms with Crippen LogP contribution in [0.15, 0.2) is 72.8 Å². The number of hydrogen-bond acceptors (Lipinski definition) is 10. The molecule has 0 atom stereocenters. The minimum absolute atomic E-state index is 0. The topological polar surface area (TPSA) is 169 Å². The number of piperidine rings is 3. The van der Waals surface area contributed by atoms with Gasteiger partial charge in [0.15, 0.2) is 0 Å². The van der Waals surface area contributed by atoms with E-state index in [9.17, 15) is 29.4 Å². The number of nitro groups is 2. The van der Waals surface area contributed by atoms with Crippen molar-refractivity contribution in [3.8, 4) is 0 Å². The molecule has 0 aliphatic carbocycles. The smallest absolute Gasteiger partial charge is 0.407 e. The van der Waals surface area contributed by atoms with Gasteiger partial charge in [0.1, 0.15) is 11.4 Å². The third-order valence-electron chi connectivity index (χ3n) is 9.35. The number of hydrogen-bond donors (Lipinski definition) is 3. The van der Waals surface area contributed by atoms with Gasteiger partial charge in [0, 0.05) is 75.0 Å². The molecular weight excluding hydrogens is 705 g/mol. The second-order valence-corrected chi connectivity index (χ2v) is 15.1. The van der Waals surface area contributed by atoms with Gasteiger partial charge < -0.3 is 30.9 Å². The highest BCUT2D eigenvalue weighted by Crippen LogP contribution is 2.25. The SMILES string of the molecule is C.CC(C)(C)OC(=O)NC1CCNCC1.CC1CCN(c2ccc(N)cc2)CC1.CC1CCN(c2ccc([N+](=O)[O-])cc2)CC1.O=[N+]([O-])c1ccc(F)cc1.[HH]. The number of nitrogens with zero attached hydrogens (tertiary/aromatic N) is 4. The summed E-state index contributed by atoms with van der Waals surface area (Å²) in [6, 6.07) is 19.6. The van der Waals surface area contributed by atoms with Gasteiger partial charge in [-0.1, -0.05) is 21.3 Å². The number of nitrogens with two attached hydrogens (primary N) is 1. The molecule has 0 saturated carbocycles. The predicted octanol–water partition coefficient (Wildman–Crippen LogP) is 9.22. The van der Waals surface area contributed by atoms with Gasteiger partial charge in [-0.25, -0.2) is 9.18 Å². The number of amides is 1. The van der Waals surface area contributed by atoms with Crippen molar-refractivity contribution in [3.05, 3.63) is 98.8 Å².